The smallest absolute Gasteiger partial charge is 0.223 e. The highest BCUT2D eigenvalue weighted by Gasteiger charge is 2.06. The van der Waals surface area contributed by atoms with Gasteiger partial charge < -0.3 is 15.8 Å². The molecule has 1 aromatic rings. The van der Waals surface area contributed by atoms with Crippen LogP contribution in [-0.4, -0.2) is 19.1 Å². The number of anilines is 1. The average Bonchev–Trinajstić information content (AvgIpc) is 2.23. The number of nitrogens with one attached hydrogen (secondary N) is 1. The first kappa shape index (κ1) is 12.6. The van der Waals surface area contributed by atoms with Crippen LogP contribution in [0.3, 0.4) is 0 Å². The second kappa shape index (κ2) is 6.23. The Kier molecular flexibility index (Phi) is 4.92. The van der Waals surface area contributed by atoms with E-state index in [4.69, 9.17) is 22.1 Å². The number of nitrogens with two attached hydrogens (primary N) is 1. The van der Waals surface area contributed by atoms with Crippen molar-refractivity contribution in [3.8, 4) is 5.75 Å². The van der Waals surface area contributed by atoms with Gasteiger partial charge in [0.05, 0.1) is 23.7 Å². The lowest BCUT2D eigenvalue weighted by molar-refractivity contribution is -0.121. The maximum absolute atomic E-state index is 11.1. The highest BCUT2D eigenvalue weighted by atomic mass is 35.5. The Morgan fingerprint density at radius 3 is 2.94 bits per heavy atom. The maximum atomic E-state index is 11.1. The van der Waals surface area contributed by atoms with Crippen molar-refractivity contribution < 1.29 is 9.53 Å². The quantitative estimate of drug-likeness (QED) is 0.775. The van der Waals surface area contributed by atoms with Crippen molar-refractivity contribution in [3.63, 3.8) is 0 Å². The molecule has 0 atom stereocenters. The second-order valence-electron chi connectivity index (χ2n) is 3.21. The van der Waals surface area contributed by atoms with Crippen molar-refractivity contribution in [2.75, 3.05) is 18.9 Å². The highest BCUT2D eigenvalue weighted by Crippen LogP contribution is 2.30. The molecule has 0 bridgehead atoms. The number of rotatable bonds is 5. The Hall–Kier alpha value is -1.42. The summed E-state index contributed by atoms with van der Waals surface area (Å²) >= 11 is 5.90. The third kappa shape index (κ3) is 3.62. The monoisotopic (exact) mass is 242 g/mol. The highest BCUT2D eigenvalue weighted by molar-refractivity contribution is 6.32. The molecule has 0 aromatic heterocycles. The minimum Gasteiger partial charge on any atom is -0.489 e. The number of ether oxygens (including phenoxy) is 1. The van der Waals surface area contributed by atoms with E-state index in [2.05, 4.69) is 5.32 Å². The summed E-state index contributed by atoms with van der Waals surface area (Å²) in [6.07, 6.45) is 0.290. The van der Waals surface area contributed by atoms with Crippen molar-refractivity contribution in [2.45, 2.75) is 13.3 Å². The normalized spacial score (nSPS) is 9.88. The van der Waals surface area contributed by atoms with Gasteiger partial charge in [-0.1, -0.05) is 17.7 Å². The van der Waals surface area contributed by atoms with Crippen molar-refractivity contribution in [1.29, 1.82) is 0 Å². The van der Waals surface area contributed by atoms with E-state index in [-0.39, 0.29) is 12.5 Å². The molecule has 0 saturated carbocycles. The van der Waals surface area contributed by atoms with Crippen LogP contribution in [0.2, 0.25) is 5.02 Å². The van der Waals surface area contributed by atoms with Gasteiger partial charge in [-0.05, 0) is 19.1 Å². The van der Waals surface area contributed by atoms with Gasteiger partial charge in [0, 0.05) is 6.54 Å². The molecule has 0 saturated heterocycles. The van der Waals surface area contributed by atoms with Gasteiger partial charge in [-0.3, -0.25) is 4.79 Å². The standard InChI is InChI=1S/C11H15ClN2O2/c1-2-14-10(15)6-7-16-11-8(12)4-3-5-9(11)13/h3-5H,2,6-7,13H2,1H3,(H,14,15). The molecule has 16 heavy (non-hydrogen) atoms. The number of carbonyl (C=O) groups excluding carboxylic acids is 1. The SMILES string of the molecule is CCNC(=O)CCOc1c(N)cccc1Cl. The lowest BCUT2D eigenvalue weighted by atomic mass is 10.3. The number of benzene rings is 1. The Morgan fingerprint density at radius 1 is 1.56 bits per heavy atom. The van der Waals surface area contributed by atoms with Crippen LogP contribution < -0.4 is 15.8 Å². The largest absolute Gasteiger partial charge is 0.489 e. The van der Waals surface area contributed by atoms with Gasteiger partial charge in [-0.15, -0.1) is 0 Å². The number of para-hydroxylation sites is 1. The first-order valence-electron chi connectivity index (χ1n) is 5.08. The third-order valence-electron chi connectivity index (χ3n) is 1.95. The van der Waals surface area contributed by atoms with Crippen molar-refractivity contribution in [3.05, 3.63) is 23.2 Å². The summed E-state index contributed by atoms with van der Waals surface area (Å²) in [4.78, 5) is 11.1. The molecule has 0 aliphatic carbocycles. The van der Waals surface area contributed by atoms with E-state index < -0.39 is 0 Å². The maximum Gasteiger partial charge on any atom is 0.223 e. The fourth-order valence-corrected chi connectivity index (χ4v) is 1.45. The van der Waals surface area contributed by atoms with Crippen LogP contribution in [0, 0.1) is 0 Å². The lowest BCUT2D eigenvalue weighted by Gasteiger charge is -2.10. The number of carbonyl (C=O) groups is 1. The summed E-state index contributed by atoms with van der Waals surface area (Å²) in [6.45, 7) is 2.75. The van der Waals surface area contributed by atoms with Gasteiger partial charge in [0.15, 0.2) is 5.75 Å². The van der Waals surface area contributed by atoms with Crippen LogP contribution >= 0.6 is 11.6 Å². The molecular weight excluding hydrogens is 228 g/mol. The molecule has 1 aromatic carbocycles. The van der Waals surface area contributed by atoms with E-state index in [9.17, 15) is 4.79 Å². The second-order valence-corrected chi connectivity index (χ2v) is 3.62. The minimum atomic E-state index is -0.0480. The van der Waals surface area contributed by atoms with Crippen LogP contribution in [0.15, 0.2) is 18.2 Å². The summed E-state index contributed by atoms with van der Waals surface area (Å²) in [5.41, 5.74) is 6.16. The van der Waals surface area contributed by atoms with Crippen molar-refractivity contribution in [2.24, 2.45) is 0 Å². The summed E-state index contributed by atoms with van der Waals surface area (Å²) in [5, 5.41) is 3.13. The number of hydrogen-bond acceptors (Lipinski definition) is 3. The minimum absolute atomic E-state index is 0.0480. The van der Waals surface area contributed by atoms with Crippen LogP contribution in [0.25, 0.3) is 0 Å². The van der Waals surface area contributed by atoms with E-state index in [1.54, 1.807) is 18.2 Å². The predicted molar refractivity (Wildman–Crippen MR) is 64.7 cm³/mol. The zero-order chi connectivity index (χ0) is 12.0. The Labute approximate surface area is 99.7 Å². The number of halogens is 1. The van der Waals surface area contributed by atoms with Crippen LogP contribution in [0.5, 0.6) is 5.75 Å². The van der Waals surface area contributed by atoms with E-state index in [1.165, 1.54) is 0 Å². The fourth-order valence-electron chi connectivity index (χ4n) is 1.21. The summed E-state index contributed by atoms with van der Waals surface area (Å²) in [5.74, 6) is 0.390. The van der Waals surface area contributed by atoms with Crippen LogP contribution in [-0.2, 0) is 4.79 Å². The first-order valence-corrected chi connectivity index (χ1v) is 5.46. The summed E-state index contributed by atoms with van der Waals surface area (Å²) in [7, 11) is 0. The molecule has 4 nitrogen and oxygen atoms in total. The Morgan fingerprint density at radius 2 is 2.31 bits per heavy atom. The summed E-state index contributed by atoms with van der Waals surface area (Å²) in [6, 6.07) is 5.14. The van der Waals surface area contributed by atoms with E-state index in [0.29, 0.717) is 29.4 Å². The summed E-state index contributed by atoms with van der Waals surface area (Å²) < 4.78 is 5.37. The molecular formula is C11H15ClN2O2. The third-order valence-corrected chi connectivity index (χ3v) is 2.24. The van der Waals surface area contributed by atoms with E-state index >= 15 is 0 Å². The zero-order valence-corrected chi connectivity index (χ0v) is 9.88. The number of amides is 1. The van der Waals surface area contributed by atoms with E-state index in [0.717, 1.165) is 0 Å². The van der Waals surface area contributed by atoms with Gasteiger partial charge >= 0.3 is 0 Å². The molecule has 3 N–H and O–H groups in total. The van der Waals surface area contributed by atoms with Crippen molar-refractivity contribution >= 4 is 23.2 Å². The van der Waals surface area contributed by atoms with Gasteiger partial charge in [0.25, 0.3) is 0 Å². The zero-order valence-electron chi connectivity index (χ0n) is 9.13. The molecule has 0 heterocycles. The topological polar surface area (TPSA) is 64.3 Å². The molecule has 0 aliphatic heterocycles. The molecule has 0 spiro atoms. The molecule has 1 amide bonds. The van der Waals surface area contributed by atoms with Crippen LogP contribution in [0.1, 0.15) is 13.3 Å². The molecule has 1 rings (SSSR count). The van der Waals surface area contributed by atoms with Gasteiger partial charge in [-0.2, -0.15) is 0 Å². The predicted octanol–water partition coefficient (Wildman–Crippen LogP) is 1.83. The molecule has 88 valence electrons. The molecule has 5 heteroatoms. The molecule has 0 radical (unpaired) electrons. The van der Waals surface area contributed by atoms with Crippen LogP contribution in [0.4, 0.5) is 5.69 Å². The molecule has 0 fully saturated rings. The molecule has 0 unspecified atom stereocenters. The lowest BCUT2D eigenvalue weighted by Crippen LogP contribution is -2.24. The Balaban J connectivity index is 2.46. The van der Waals surface area contributed by atoms with Gasteiger partial charge in [0.2, 0.25) is 5.91 Å². The first-order chi connectivity index (χ1) is 7.65. The number of nitrogen functional groups attached to an aromatic ring is 1. The molecule has 0 aliphatic rings. The van der Waals surface area contributed by atoms with E-state index in [1.807, 2.05) is 6.92 Å². The Bertz CT molecular complexity index is 349. The number of hydrogen-bond donors (Lipinski definition) is 2. The van der Waals surface area contributed by atoms with Crippen molar-refractivity contribution in [1.82, 2.24) is 5.32 Å². The fraction of sp³-hybridized carbons (Fsp3) is 0.364. The van der Waals surface area contributed by atoms with Gasteiger partial charge in [0.1, 0.15) is 0 Å². The van der Waals surface area contributed by atoms with Gasteiger partial charge in [-0.25, -0.2) is 0 Å². The average molecular weight is 243 g/mol.